The number of rotatable bonds is 13. The van der Waals surface area contributed by atoms with E-state index in [1.807, 2.05) is 20.8 Å². The Bertz CT molecular complexity index is 1220. The molecule has 1 aliphatic heterocycles. The zero-order valence-electron chi connectivity index (χ0n) is 28.9. The van der Waals surface area contributed by atoms with Crippen LogP contribution in [0, 0.1) is 5.92 Å². The van der Waals surface area contributed by atoms with Crippen LogP contribution in [0.25, 0.3) is 0 Å². The second-order valence-electron chi connectivity index (χ2n) is 14.4. The maximum Gasteiger partial charge on any atom is 0.410 e. The van der Waals surface area contributed by atoms with Crippen LogP contribution in [0.4, 0.5) is 4.79 Å². The molecule has 0 spiro atoms. The topological polar surface area (TPSA) is 147 Å². The third kappa shape index (κ3) is 15.4. The van der Waals surface area contributed by atoms with Gasteiger partial charge in [0.05, 0.1) is 6.54 Å². The molecular weight excluding hydrogens is 596 g/mol. The highest BCUT2D eigenvalue weighted by atomic mass is 16.6. The monoisotopic (exact) mass is 648 g/mol. The van der Waals surface area contributed by atoms with Crippen LogP contribution < -0.4 is 14.8 Å². The van der Waals surface area contributed by atoms with Gasteiger partial charge in [-0.05, 0) is 112 Å². The summed E-state index contributed by atoms with van der Waals surface area (Å²) in [5.41, 5.74) is -1.72. The van der Waals surface area contributed by atoms with Gasteiger partial charge in [-0.3, -0.25) is 9.59 Å². The van der Waals surface area contributed by atoms with Crippen molar-refractivity contribution < 1.29 is 47.7 Å². The summed E-state index contributed by atoms with van der Waals surface area (Å²) in [5.74, 6) is -1.22. The Morgan fingerprint density at radius 3 is 1.80 bits per heavy atom. The van der Waals surface area contributed by atoms with Gasteiger partial charge in [0.1, 0.15) is 16.8 Å². The van der Waals surface area contributed by atoms with Crippen LogP contribution in [0.3, 0.4) is 0 Å². The quantitative estimate of drug-likeness (QED) is 0.171. The molecule has 12 heteroatoms. The van der Waals surface area contributed by atoms with Gasteiger partial charge in [0.2, 0.25) is 5.91 Å². The number of carbonyl (C=O) groups is 5. The Kier molecular flexibility index (Phi) is 13.9. The molecule has 0 unspecified atom stereocenters. The summed E-state index contributed by atoms with van der Waals surface area (Å²) in [6, 6.07) is 4.34. The first-order valence-corrected chi connectivity index (χ1v) is 15.8. The molecule has 1 aromatic carbocycles. The standard InChI is InChI=1S/C34H52N2O10/c1-32(2,3)44-29(39)21-42-26-14-13-24(19-27(26)43-22-30(40)45-33(4,5)6)25(37)20-35-28(38)12-10-11-23-15-17-36(18-16-23)31(41)46-34(7,8)9/h13-14,19,23H,10-12,15-18,20-22H2,1-9H3,(H,35,38). The normalized spacial score (nSPS) is 14.2. The molecule has 0 aliphatic carbocycles. The molecule has 2 amide bonds. The highest BCUT2D eigenvalue weighted by Crippen LogP contribution is 2.29. The number of likely N-dealkylation sites (tertiary alicyclic amines) is 1. The van der Waals surface area contributed by atoms with Crippen LogP contribution >= 0.6 is 0 Å². The smallest absolute Gasteiger partial charge is 0.410 e. The molecule has 0 aromatic heterocycles. The van der Waals surface area contributed by atoms with Crippen LogP contribution in [-0.2, 0) is 28.6 Å². The molecular formula is C34H52N2O10. The number of hydrogen-bond donors (Lipinski definition) is 1. The second-order valence-corrected chi connectivity index (χ2v) is 14.4. The molecule has 0 radical (unpaired) electrons. The lowest BCUT2D eigenvalue weighted by Gasteiger charge is -2.33. The molecule has 2 rings (SSSR count). The third-order valence-corrected chi connectivity index (χ3v) is 6.53. The van der Waals surface area contributed by atoms with Crippen molar-refractivity contribution in [2.24, 2.45) is 5.92 Å². The molecule has 0 atom stereocenters. The predicted molar refractivity (Wildman–Crippen MR) is 171 cm³/mol. The number of hydrogen-bond acceptors (Lipinski definition) is 10. The molecule has 0 bridgehead atoms. The fourth-order valence-electron chi connectivity index (χ4n) is 4.58. The van der Waals surface area contributed by atoms with Crippen molar-refractivity contribution in [3.8, 4) is 11.5 Å². The molecule has 1 N–H and O–H groups in total. The first kappa shape index (κ1) is 38.4. The summed E-state index contributed by atoms with van der Waals surface area (Å²) in [6.07, 6.45) is 3.22. The van der Waals surface area contributed by atoms with Gasteiger partial charge in [0, 0.05) is 25.1 Å². The average molecular weight is 649 g/mol. The van der Waals surface area contributed by atoms with Crippen molar-refractivity contribution in [1.82, 2.24) is 10.2 Å². The van der Waals surface area contributed by atoms with E-state index in [4.69, 9.17) is 23.7 Å². The Hall–Kier alpha value is -3.83. The first-order valence-electron chi connectivity index (χ1n) is 15.8. The molecule has 0 saturated carbocycles. The lowest BCUT2D eigenvalue weighted by molar-refractivity contribution is -0.158. The van der Waals surface area contributed by atoms with Crippen molar-refractivity contribution in [2.75, 3.05) is 32.8 Å². The van der Waals surface area contributed by atoms with E-state index in [2.05, 4.69) is 5.32 Å². The third-order valence-electron chi connectivity index (χ3n) is 6.53. The van der Waals surface area contributed by atoms with Crippen LogP contribution in [-0.4, -0.2) is 84.3 Å². The predicted octanol–water partition coefficient (Wildman–Crippen LogP) is 5.24. The summed E-state index contributed by atoms with van der Waals surface area (Å²) in [4.78, 5) is 63.8. The van der Waals surface area contributed by atoms with E-state index < -0.39 is 42.0 Å². The minimum atomic E-state index is -0.716. The molecule has 1 aromatic rings. The van der Waals surface area contributed by atoms with Crippen molar-refractivity contribution in [2.45, 2.75) is 111 Å². The van der Waals surface area contributed by atoms with E-state index in [9.17, 15) is 24.0 Å². The maximum atomic E-state index is 12.9. The minimum Gasteiger partial charge on any atom is -0.478 e. The van der Waals surface area contributed by atoms with Gasteiger partial charge in [-0.1, -0.05) is 0 Å². The van der Waals surface area contributed by atoms with Crippen LogP contribution in [0.1, 0.15) is 105 Å². The highest BCUT2D eigenvalue weighted by molar-refractivity contribution is 5.99. The molecule has 1 aliphatic rings. The zero-order chi connectivity index (χ0) is 34.7. The van der Waals surface area contributed by atoms with Gasteiger partial charge in [0.15, 0.2) is 30.5 Å². The first-order chi connectivity index (χ1) is 21.2. The lowest BCUT2D eigenvalue weighted by atomic mass is 9.91. The second kappa shape index (κ2) is 16.6. The van der Waals surface area contributed by atoms with Crippen molar-refractivity contribution in [1.29, 1.82) is 0 Å². The van der Waals surface area contributed by atoms with Crippen molar-refractivity contribution in [3.05, 3.63) is 23.8 Å². The summed E-state index contributed by atoms with van der Waals surface area (Å²) >= 11 is 0. The van der Waals surface area contributed by atoms with Crippen LogP contribution in [0.15, 0.2) is 18.2 Å². The number of benzene rings is 1. The number of nitrogens with one attached hydrogen (secondary N) is 1. The van der Waals surface area contributed by atoms with Crippen LogP contribution in [0.2, 0.25) is 0 Å². The summed E-state index contributed by atoms with van der Waals surface area (Å²) in [6.45, 7) is 16.1. The van der Waals surface area contributed by atoms with E-state index >= 15 is 0 Å². The molecule has 258 valence electrons. The fourth-order valence-corrected chi connectivity index (χ4v) is 4.58. The molecule has 1 fully saturated rings. The number of piperidine rings is 1. The number of esters is 2. The van der Waals surface area contributed by atoms with E-state index in [1.54, 1.807) is 46.4 Å². The fraction of sp³-hybridized carbons (Fsp3) is 0.676. The van der Waals surface area contributed by atoms with Gasteiger partial charge >= 0.3 is 18.0 Å². The van der Waals surface area contributed by atoms with Gasteiger partial charge < -0.3 is 33.9 Å². The van der Waals surface area contributed by atoms with Gasteiger partial charge in [-0.25, -0.2) is 14.4 Å². The maximum absolute atomic E-state index is 12.9. The number of ether oxygens (including phenoxy) is 5. The van der Waals surface area contributed by atoms with E-state index in [1.165, 1.54) is 18.2 Å². The Morgan fingerprint density at radius 2 is 1.28 bits per heavy atom. The van der Waals surface area contributed by atoms with Crippen LogP contribution in [0.5, 0.6) is 11.5 Å². The Morgan fingerprint density at radius 1 is 0.761 bits per heavy atom. The van der Waals surface area contributed by atoms with Crippen molar-refractivity contribution >= 4 is 29.7 Å². The summed E-state index contributed by atoms with van der Waals surface area (Å²) in [5, 5.41) is 2.67. The minimum absolute atomic E-state index is 0.0595. The van der Waals surface area contributed by atoms with Gasteiger partial charge in [-0.2, -0.15) is 0 Å². The Labute approximate surface area is 272 Å². The Balaban J connectivity index is 1.89. The number of carbonyl (C=O) groups excluding carboxylic acids is 5. The van der Waals surface area contributed by atoms with E-state index in [0.717, 1.165) is 19.3 Å². The molecule has 12 nitrogen and oxygen atoms in total. The number of ketones is 1. The van der Waals surface area contributed by atoms with E-state index in [-0.39, 0.29) is 47.8 Å². The molecule has 46 heavy (non-hydrogen) atoms. The largest absolute Gasteiger partial charge is 0.478 e. The van der Waals surface area contributed by atoms with E-state index in [0.29, 0.717) is 25.4 Å². The van der Waals surface area contributed by atoms with Crippen molar-refractivity contribution in [3.63, 3.8) is 0 Å². The zero-order valence-corrected chi connectivity index (χ0v) is 28.9. The lowest BCUT2D eigenvalue weighted by Crippen LogP contribution is -2.41. The average Bonchev–Trinajstić information content (AvgIpc) is 2.91. The summed E-state index contributed by atoms with van der Waals surface area (Å²) in [7, 11) is 0. The number of Topliss-reactive ketones (excluding diaryl/α,β-unsaturated/α-hetero) is 1. The van der Waals surface area contributed by atoms with Gasteiger partial charge in [-0.15, -0.1) is 0 Å². The molecule has 1 saturated heterocycles. The summed E-state index contributed by atoms with van der Waals surface area (Å²) < 4.78 is 27.2. The SMILES string of the molecule is CC(C)(C)OC(=O)COc1ccc(C(=O)CNC(=O)CCCC2CCN(C(=O)OC(C)(C)C)CC2)cc1OCC(=O)OC(C)(C)C. The highest BCUT2D eigenvalue weighted by Gasteiger charge is 2.27. The van der Waals surface area contributed by atoms with Gasteiger partial charge in [0.25, 0.3) is 0 Å². The number of nitrogens with zero attached hydrogens (tertiary/aromatic N) is 1. The molecule has 1 heterocycles. The number of amides is 2.